The van der Waals surface area contributed by atoms with Crippen molar-refractivity contribution >= 4 is 5.91 Å². The van der Waals surface area contributed by atoms with Crippen molar-refractivity contribution in [3.05, 3.63) is 0 Å². The van der Waals surface area contributed by atoms with Gasteiger partial charge in [0.1, 0.15) is 48.8 Å². The zero-order valence-electron chi connectivity index (χ0n) is 38.2. The van der Waals surface area contributed by atoms with Gasteiger partial charge in [-0.15, -0.1) is 0 Å². The molecule has 2 fully saturated rings. The molecule has 2 aliphatic rings. The van der Waals surface area contributed by atoms with Gasteiger partial charge in [0.25, 0.3) is 0 Å². The highest BCUT2D eigenvalue weighted by Crippen LogP contribution is 2.27. The third-order valence-corrected chi connectivity index (χ3v) is 12.6. The average molecular weight is 878 g/mol. The van der Waals surface area contributed by atoms with E-state index in [4.69, 9.17) is 18.9 Å². The highest BCUT2D eigenvalue weighted by Gasteiger charge is 2.47. The molecule has 1 amide bonds. The van der Waals surface area contributed by atoms with E-state index in [0.29, 0.717) is 19.3 Å². The van der Waals surface area contributed by atoms with Crippen LogP contribution in [0, 0.1) is 0 Å². The maximum absolute atomic E-state index is 13.5. The molecule has 14 nitrogen and oxygen atoms in total. The fraction of sp³-hybridized carbons (Fsp3) is 0.979. The van der Waals surface area contributed by atoms with E-state index in [-0.39, 0.29) is 18.9 Å². The summed E-state index contributed by atoms with van der Waals surface area (Å²) in [6, 6.07) is -0.892. The van der Waals surface area contributed by atoms with Gasteiger partial charge in [0, 0.05) is 6.42 Å². The fourth-order valence-corrected chi connectivity index (χ4v) is 8.48. The first-order chi connectivity index (χ1) is 29.6. The minimum Gasteiger partial charge on any atom is -0.394 e. The number of rotatable bonds is 38. The molecule has 0 bridgehead atoms. The van der Waals surface area contributed by atoms with E-state index in [1.807, 2.05) is 0 Å². The number of aliphatic hydroxyl groups is 8. The molecule has 61 heavy (non-hydrogen) atoms. The molecular formula is C47H91NO13. The van der Waals surface area contributed by atoms with Crippen LogP contribution in [-0.4, -0.2) is 140 Å². The van der Waals surface area contributed by atoms with Crippen molar-refractivity contribution in [2.24, 2.45) is 0 Å². The van der Waals surface area contributed by atoms with Crippen LogP contribution in [0.15, 0.2) is 0 Å². The number of hydrogen-bond acceptors (Lipinski definition) is 13. The molecular weight excluding hydrogens is 787 g/mol. The number of unbranched alkanes of at least 4 members (excludes halogenated alkanes) is 25. The van der Waals surface area contributed by atoms with E-state index in [0.717, 1.165) is 44.9 Å². The van der Waals surface area contributed by atoms with E-state index in [1.165, 1.54) is 116 Å². The van der Waals surface area contributed by atoms with Gasteiger partial charge < -0.3 is 65.1 Å². The summed E-state index contributed by atoms with van der Waals surface area (Å²) >= 11 is 0. The summed E-state index contributed by atoms with van der Waals surface area (Å²) in [4.78, 5) is 13.5. The minimum absolute atomic E-state index is 0.250. The van der Waals surface area contributed by atoms with E-state index >= 15 is 0 Å². The Bertz CT molecular complexity index is 1040. The molecule has 9 N–H and O–H groups in total. The summed E-state index contributed by atoms with van der Waals surface area (Å²) in [5, 5.41) is 85.8. The minimum atomic E-state index is -1.66. The normalized spacial score (nSPS) is 27.9. The van der Waals surface area contributed by atoms with Crippen molar-refractivity contribution in [2.75, 3.05) is 19.8 Å². The Morgan fingerprint density at radius 3 is 1.26 bits per heavy atom. The second-order valence-electron chi connectivity index (χ2n) is 18.0. The number of hydrogen-bond donors (Lipinski definition) is 9. The smallest absolute Gasteiger partial charge is 0.220 e. The molecule has 12 atom stereocenters. The predicted octanol–water partition coefficient (Wildman–Crippen LogP) is 5.83. The maximum Gasteiger partial charge on any atom is 0.220 e. The number of carbonyl (C=O) groups is 1. The largest absolute Gasteiger partial charge is 0.394 e. The van der Waals surface area contributed by atoms with Gasteiger partial charge in [0.05, 0.1) is 32.0 Å². The van der Waals surface area contributed by atoms with Gasteiger partial charge in [-0.1, -0.05) is 181 Å². The van der Waals surface area contributed by atoms with Crippen molar-refractivity contribution in [3.8, 4) is 0 Å². The summed E-state index contributed by atoms with van der Waals surface area (Å²) in [7, 11) is 0. The zero-order chi connectivity index (χ0) is 44.7. The van der Waals surface area contributed by atoms with Crippen molar-refractivity contribution in [1.82, 2.24) is 5.32 Å². The van der Waals surface area contributed by atoms with Gasteiger partial charge in [-0.2, -0.15) is 0 Å². The van der Waals surface area contributed by atoms with Gasteiger partial charge in [0.2, 0.25) is 5.91 Å². The van der Waals surface area contributed by atoms with Crippen LogP contribution in [0.1, 0.15) is 200 Å². The summed E-state index contributed by atoms with van der Waals surface area (Å²) in [5.41, 5.74) is 0. The van der Waals surface area contributed by atoms with Crippen LogP contribution in [0.5, 0.6) is 0 Å². The lowest BCUT2D eigenvalue weighted by molar-refractivity contribution is -0.319. The van der Waals surface area contributed by atoms with E-state index in [2.05, 4.69) is 19.2 Å². The Morgan fingerprint density at radius 2 is 0.852 bits per heavy atom. The molecule has 2 aliphatic heterocycles. The lowest BCUT2D eigenvalue weighted by atomic mass is 9.98. The second kappa shape index (κ2) is 35.3. The molecule has 2 saturated heterocycles. The average Bonchev–Trinajstić information content (AvgIpc) is 3.26. The third kappa shape index (κ3) is 23.1. The topological polar surface area (TPSA) is 228 Å². The molecule has 0 spiro atoms. The Kier molecular flexibility index (Phi) is 32.5. The van der Waals surface area contributed by atoms with Crippen LogP contribution in [0.3, 0.4) is 0 Å². The maximum atomic E-state index is 13.5. The summed E-state index contributed by atoms with van der Waals surface area (Å²) in [6.07, 6.45) is 16.5. The quantitative estimate of drug-likeness (QED) is 0.0334. The Morgan fingerprint density at radius 1 is 0.492 bits per heavy atom. The first kappa shape index (κ1) is 56.1. The molecule has 0 aliphatic carbocycles. The van der Waals surface area contributed by atoms with Gasteiger partial charge in [-0.25, -0.2) is 0 Å². The van der Waals surface area contributed by atoms with E-state index in [1.54, 1.807) is 0 Å². The summed E-state index contributed by atoms with van der Waals surface area (Å²) < 4.78 is 23.6. The molecule has 0 saturated carbocycles. The standard InChI is InChI=1S/C47H91NO13/c1-3-5-7-9-11-13-15-17-18-19-21-23-25-27-29-31-39(51)48-35(34-58-46-44(56)42(54)40(52)37(32-49)60-46)36(59-47-45(57)43(55)41(53)38(33-50)61-47)30-28-26-24-22-20-16-14-12-10-8-6-4-2/h35-38,40-47,49-50,52-57H,3-34H2,1-2H3,(H,48,51)/t35-,36+,37+,38+,40-,41-,42-,43-,44+,45+,46+,47+/m0/s1. The van der Waals surface area contributed by atoms with Crippen LogP contribution in [0.2, 0.25) is 0 Å². The third-order valence-electron chi connectivity index (χ3n) is 12.6. The van der Waals surface area contributed by atoms with Crippen LogP contribution in [-0.2, 0) is 23.7 Å². The number of carbonyl (C=O) groups excluding carboxylic acids is 1. The van der Waals surface area contributed by atoms with E-state index in [9.17, 15) is 45.6 Å². The molecule has 0 radical (unpaired) electrons. The number of ether oxygens (including phenoxy) is 4. The van der Waals surface area contributed by atoms with Crippen molar-refractivity contribution in [1.29, 1.82) is 0 Å². The monoisotopic (exact) mass is 878 g/mol. The Labute approximate surface area is 368 Å². The Balaban J connectivity index is 2.02. The molecule has 0 aromatic heterocycles. The first-order valence-corrected chi connectivity index (χ1v) is 24.8. The summed E-state index contributed by atoms with van der Waals surface area (Å²) in [6.45, 7) is 2.92. The SMILES string of the molecule is CCCCCCCCCCCCCCCCCC(=O)N[C@@H](CO[C@@H]1O[C@H](CO)[C@H](O)[C@H](O)[C@H]1O)[C@@H](CCCCCCCCCCCCCC)O[C@@H]1O[C@H](CO)[C@H](O)[C@H](O)[C@H]1O. The number of nitrogens with one attached hydrogen (secondary N) is 1. The van der Waals surface area contributed by atoms with Crippen LogP contribution in [0.4, 0.5) is 0 Å². The van der Waals surface area contributed by atoms with Crippen LogP contribution >= 0.6 is 0 Å². The van der Waals surface area contributed by atoms with Crippen LogP contribution in [0.25, 0.3) is 0 Å². The number of amides is 1. The molecule has 0 unspecified atom stereocenters. The zero-order valence-corrected chi connectivity index (χ0v) is 38.2. The van der Waals surface area contributed by atoms with Crippen LogP contribution < -0.4 is 5.32 Å². The first-order valence-electron chi connectivity index (χ1n) is 24.8. The number of aliphatic hydroxyl groups excluding tert-OH is 8. The highest BCUT2D eigenvalue weighted by molar-refractivity contribution is 5.76. The van der Waals surface area contributed by atoms with Gasteiger partial charge in [-0.05, 0) is 12.8 Å². The lowest BCUT2D eigenvalue weighted by Gasteiger charge is -2.42. The molecule has 2 rings (SSSR count). The molecule has 0 aromatic carbocycles. The van der Waals surface area contributed by atoms with E-state index < -0.39 is 86.8 Å². The molecule has 0 aromatic rings. The highest BCUT2D eigenvalue weighted by atomic mass is 16.7. The van der Waals surface area contributed by atoms with Gasteiger partial charge in [0.15, 0.2) is 12.6 Å². The van der Waals surface area contributed by atoms with Gasteiger partial charge in [-0.3, -0.25) is 4.79 Å². The molecule has 14 heteroatoms. The predicted molar refractivity (Wildman–Crippen MR) is 236 cm³/mol. The van der Waals surface area contributed by atoms with Gasteiger partial charge >= 0.3 is 0 Å². The van der Waals surface area contributed by atoms with Crippen molar-refractivity contribution in [3.63, 3.8) is 0 Å². The second-order valence-corrected chi connectivity index (χ2v) is 18.0. The fourth-order valence-electron chi connectivity index (χ4n) is 8.48. The Hall–Kier alpha value is -1.01. The van der Waals surface area contributed by atoms with Crippen molar-refractivity contribution < 1.29 is 64.6 Å². The molecule has 2 heterocycles. The summed E-state index contributed by atoms with van der Waals surface area (Å²) in [5.74, 6) is -0.255. The molecule has 362 valence electrons. The lowest BCUT2D eigenvalue weighted by Crippen LogP contribution is -2.61. The van der Waals surface area contributed by atoms with Crippen molar-refractivity contribution in [2.45, 2.75) is 274 Å².